The average molecular weight is 478 g/mol. The van der Waals surface area contributed by atoms with Gasteiger partial charge in [0.05, 0.1) is 12.2 Å². The van der Waals surface area contributed by atoms with Gasteiger partial charge >= 0.3 is 5.97 Å². The molecule has 8 heteroatoms. The number of likely N-dealkylation sites (N-methyl/N-ethyl adjacent to an activating group) is 1. The lowest BCUT2D eigenvalue weighted by atomic mass is 9.99. The van der Waals surface area contributed by atoms with E-state index in [1.54, 1.807) is 26.1 Å². The first-order valence-electron chi connectivity index (χ1n) is 11.6. The topological polar surface area (TPSA) is 99.6 Å². The van der Waals surface area contributed by atoms with Crippen molar-refractivity contribution in [3.63, 3.8) is 0 Å². The van der Waals surface area contributed by atoms with Crippen molar-refractivity contribution in [2.24, 2.45) is 5.92 Å². The van der Waals surface area contributed by atoms with Crippen LogP contribution in [-0.2, 0) is 19.1 Å². The Hall–Kier alpha value is -3.03. The van der Waals surface area contributed by atoms with Gasteiger partial charge in [0, 0.05) is 26.2 Å². The lowest BCUT2D eigenvalue weighted by Crippen LogP contribution is -2.51. The molecule has 0 aliphatic carbocycles. The van der Waals surface area contributed by atoms with Crippen LogP contribution in [0.4, 0.5) is 4.39 Å². The molecule has 2 amide bonds. The molecular formula is C26H40FN3O4. The Morgan fingerprint density at radius 3 is 2.21 bits per heavy atom. The maximum Gasteiger partial charge on any atom is 0.305 e. The van der Waals surface area contributed by atoms with Crippen LogP contribution >= 0.6 is 0 Å². The molecule has 1 aromatic rings. The van der Waals surface area contributed by atoms with E-state index in [0.29, 0.717) is 31.6 Å². The molecule has 0 saturated heterocycles. The molecule has 0 fully saturated rings. The van der Waals surface area contributed by atoms with Gasteiger partial charge in [-0.25, -0.2) is 4.39 Å². The quantitative estimate of drug-likeness (QED) is 0.213. The number of esters is 1. The molecule has 0 aliphatic heterocycles. The largest absolute Gasteiger partial charge is 0.466 e. The van der Waals surface area contributed by atoms with Crippen LogP contribution in [0.5, 0.6) is 0 Å². The molecule has 1 aromatic carbocycles. The number of rotatable bonds is 11. The van der Waals surface area contributed by atoms with E-state index in [4.69, 9.17) is 10.1 Å². The van der Waals surface area contributed by atoms with Gasteiger partial charge in [-0.3, -0.25) is 14.4 Å². The highest BCUT2D eigenvalue weighted by Crippen LogP contribution is 2.15. The van der Waals surface area contributed by atoms with Crippen molar-refractivity contribution in [1.82, 2.24) is 10.2 Å². The number of amides is 2. The predicted molar refractivity (Wildman–Crippen MR) is 133 cm³/mol. The van der Waals surface area contributed by atoms with Gasteiger partial charge in [0.25, 0.3) is 5.91 Å². The van der Waals surface area contributed by atoms with Gasteiger partial charge in [0.2, 0.25) is 5.91 Å². The smallest absolute Gasteiger partial charge is 0.305 e. The number of allylic oxidation sites excluding steroid dienone is 1. The number of halogens is 1. The van der Waals surface area contributed by atoms with Crippen molar-refractivity contribution in [2.75, 3.05) is 20.2 Å². The maximum absolute atomic E-state index is 12.7. The van der Waals surface area contributed by atoms with Crippen LogP contribution in [0, 0.1) is 24.1 Å². The number of carbonyl (C=O) groups excluding carboxylic acids is 3. The summed E-state index contributed by atoms with van der Waals surface area (Å²) >= 11 is 0. The number of hydrogen-bond donors (Lipinski definition) is 2. The highest BCUT2D eigenvalue weighted by Gasteiger charge is 2.31. The van der Waals surface area contributed by atoms with Crippen LogP contribution < -0.4 is 5.32 Å². The number of aryl methyl sites for hydroxylation is 1. The van der Waals surface area contributed by atoms with E-state index >= 15 is 0 Å². The number of carbonyl (C=O) groups is 3. The summed E-state index contributed by atoms with van der Waals surface area (Å²) in [6, 6.07) is 5.75. The molecule has 0 aliphatic rings. The van der Waals surface area contributed by atoms with E-state index in [1.165, 1.54) is 17.0 Å². The Labute approximate surface area is 203 Å². The fraction of sp³-hybridized carbons (Fsp3) is 0.538. The monoisotopic (exact) mass is 477 g/mol. The molecule has 0 radical (unpaired) electrons. The minimum atomic E-state index is -0.648. The Morgan fingerprint density at radius 1 is 1.18 bits per heavy atom. The minimum absolute atomic E-state index is 0.0945. The first-order chi connectivity index (χ1) is 16.0. The first kappa shape index (κ1) is 31.0. The molecule has 0 spiro atoms. The fourth-order valence-corrected chi connectivity index (χ4v) is 3.12. The highest BCUT2D eigenvalue weighted by molar-refractivity contribution is 6.12. The molecule has 1 rings (SSSR count). The summed E-state index contributed by atoms with van der Waals surface area (Å²) in [4.78, 5) is 38.0. The van der Waals surface area contributed by atoms with Crippen LogP contribution in [-0.4, -0.2) is 55.1 Å². The predicted octanol–water partition coefficient (Wildman–Crippen LogP) is 4.44. The molecule has 7 nitrogen and oxygen atoms in total. The maximum atomic E-state index is 12.7. The summed E-state index contributed by atoms with van der Waals surface area (Å²) in [5.74, 6) is -1.15. The van der Waals surface area contributed by atoms with E-state index in [1.807, 2.05) is 34.6 Å². The Bertz CT molecular complexity index is 814. The molecule has 1 unspecified atom stereocenters. The molecule has 34 heavy (non-hydrogen) atoms. The van der Waals surface area contributed by atoms with Crippen LogP contribution in [0.1, 0.15) is 59.4 Å². The summed E-state index contributed by atoms with van der Waals surface area (Å²) in [5, 5.41) is 10.3. The third kappa shape index (κ3) is 11.2. The second-order valence-electron chi connectivity index (χ2n) is 8.29. The third-order valence-electron chi connectivity index (χ3n) is 5.18. The number of nitrogens with one attached hydrogen (secondary N) is 2. The Kier molecular flexibility index (Phi) is 15.1. The van der Waals surface area contributed by atoms with Crippen LogP contribution in [0.2, 0.25) is 0 Å². The van der Waals surface area contributed by atoms with Gasteiger partial charge in [-0.2, -0.15) is 0 Å². The zero-order chi connectivity index (χ0) is 26.3. The summed E-state index contributed by atoms with van der Waals surface area (Å²) in [7, 11) is 1.58. The number of hydrogen-bond acceptors (Lipinski definition) is 5. The lowest BCUT2D eigenvalue weighted by Gasteiger charge is -2.30. The van der Waals surface area contributed by atoms with Gasteiger partial charge < -0.3 is 20.4 Å². The van der Waals surface area contributed by atoms with E-state index in [2.05, 4.69) is 5.32 Å². The second kappa shape index (κ2) is 16.6. The van der Waals surface area contributed by atoms with E-state index in [-0.39, 0.29) is 35.9 Å². The molecular weight excluding hydrogens is 437 g/mol. The van der Waals surface area contributed by atoms with Crippen molar-refractivity contribution in [1.29, 1.82) is 5.41 Å². The van der Waals surface area contributed by atoms with Gasteiger partial charge in [-0.1, -0.05) is 44.0 Å². The summed E-state index contributed by atoms with van der Waals surface area (Å²) in [5.41, 5.74) is 2.22. The van der Waals surface area contributed by atoms with Crippen molar-refractivity contribution in [3.05, 3.63) is 46.8 Å². The molecule has 0 aromatic heterocycles. The molecule has 2 N–H and O–H groups in total. The van der Waals surface area contributed by atoms with Gasteiger partial charge in [0.15, 0.2) is 0 Å². The van der Waals surface area contributed by atoms with Crippen LogP contribution in [0.3, 0.4) is 0 Å². The van der Waals surface area contributed by atoms with Crippen LogP contribution in [0.15, 0.2) is 35.4 Å². The van der Waals surface area contributed by atoms with Gasteiger partial charge in [0.1, 0.15) is 11.9 Å². The number of nitrogens with zero attached hydrogens (tertiary/aromatic N) is 1. The van der Waals surface area contributed by atoms with Crippen molar-refractivity contribution >= 4 is 24.0 Å². The summed E-state index contributed by atoms with van der Waals surface area (Å²) < 4.78 is 16.9. The second-order valence-corrected chi connectivity index (χ2v) is 8.29. The van der Waals surface area contributed by atoms with Crippen LogP contribution in [0.25, 0.3) is 0 Å². The lowest BCUT2D eigenvalue weighted by molar-refractivity contribution is -0.143. The minimum Gasteiger partial charge on any atom is -0.466 e. The van der Waals surface area contributed by atoms with E-state index < -0.39 is 6.04 Å². The Balaban J connectivity index is 0.00000113. The SMILES string of the molecule is CCOC(=O)CCCNC(=O)C(C(C)C)N(C)C(=O)/C(C=N)=C(\C)CC.Cc1ccc(F)cc1. The standard InChI is InChI=1S/C19H33N3O4.C7H7F/c1-7-14(5)15(12-20)19(25)22(6)17(13(3)4)18(24)21-11-9-10-16(23)26-8-2;1-6-2-4-7(8)5-3-6/h12-13,17,20H,7-11H2,1-6H3,(H,21,24);2-5H,1H3/b15-14+,20-12?;. The molecule has 0 bridgehead atoms. The zero-order valence-electron chi connectivity index (χ0n) is 21.5. The Morgan fingerprint density at radius 2 is 1.76 bits per heavy atom. The number of ether oxygens (including phenoxy) is 1. The molecule has 1 atom stereocenters. The van der Waals surface area contributed by atoms with Crippen molar-refractivity contribution < 1.29 is 23.5 Å². The average Bonchev–Trinajstić information content (AvgIpc) is 2.79. The summed E-state index contributed by atoms with van der Waals surface area (Å²) in [6.45, 7) is 11.8. The molecule has 0 heterocycles. The third-order valence-corrected chi connectivity index (χ3v) is 5.18. The molecule has 190 valence electrons. The summed E-state index contributed by atoms with van der Waals surface area (Å²) in [6.07, 6.45) is 2.43. The highest BCUT2D eigenvalue weighted by atomic mass is 19.1. The van der Waals surface area contributed by atoms with E-state index in [9.17, 15) is 18.8 Å². The van der Waals surface area contributed by atoms with Crippen molar-refractivity contribution in [3.8, 4) is 0 Å². The van der Waals surface area contributed by atoms with Gasteiger partial charge in [-0.05, 0) is 51.7 Å². The fourth-order valence-electron chi connectivity index (χ4n) is 3.12. The van der Waals surface area contributed by atoms with Crippen molar-refractivity contribution in [2.45, 2.75) is 66.8 Å². The number of benzene rings is 1. The van der Waals surface area contributed by atoms with Gasteiger partial charge in [-0.15, -0.1) is 0 Å². The van der Waals surface area contributed by atoms with E-state index in [0.717, 1.165) is 17.4 Å². The first-order valence-corrected chi connectivity index (χ1v) is 11.6. The normalized spacial score (nSPS) is 12.0. The molecule has 0 saturated carbocycles. The zero-order valence-corrected chi connectivity index (χ0v) is 21.5.